The lowest BCUT2D eigenvalue weighted by Crippen LogP contribution is -2.20. The van der Waals surface area contributed by atoms with Crippen LogP contribution in [0, 0.1) is 0 Å². The van der Waals surface area contributed by atoms with Gasteiger partial charge in [-0.25, -0.2) is 4.79 Å². The molecule has 0 aliphatic heterocycles. The fraction of sp³-hybridized carbons (Fsp3) is 0.364. The number of halogens is 1. The summed E-state index contributed by atoms with van der Waals surface area (Å²) >= 11 is 3.34. The van der Waals surface area contributed by atoms with Crippen molar-refractivity contribution < 1.29 is 14.3 Å². The van der Waals surface area contributed by atoms with E-state index in [1.807, 2.05) is 24.3 Å². The molecule has 1 unspecified atom stereocenters. The second kappa shape index (κ2) is 6.62. The summed E-state index contributed by atoms with van der Waals surface area (Å²) in [7, 11) is 1.32. The van der Waals surface area contributed by atoms with Gasteiger partial charge < -0.3 is 15.2 Å². The first-order valence-electron chi connectivity index (χ1n) is 4.79. The maximum atomic E-state index is 10.8. The number of carbonyl (C=O) groups excluding carboxylic acids is 1. The van der Waals surface area contributed by atoms with Gasteiger partial charge in [0.2, 0.25) is 0 Å². The number of hydrogen-bond donors (Lipinski definition) is 1. The zero-order valence-electron chi connectivity index (χ0n) is 8.98. The Labute approximate surface area is 103 Å². The molecule has 5 heteroatoms. The van der Waals surface area contributed by atoms with Gasteiger partial charge >= 0.3 is 5.97 Å². The van der Waals surface area contributed by atoms with Gasteiger partial charge in [-0.3, -0.25) is 0 Å². The molecule has 0 amide bonds. The van der Waals surface area contributed by atoms with E-state index in [0.717, 1.165) is 10.0 Å². The minimum Gasteiger partial charge on any atom is -0.467 e. The predicted octanol–water partition coefficient (Wildman–Crippen LogP) is 1.64. The van der Waals surface area contributed by atoms with E-state index < -0.39 is 5.97 Å². The average molecular weight is 288 g/mol. The summed E-state index contributed by atoms with van der Waals surface area (Å²) in [5, 5.41) is 0. The first kappa shape index (κ1) is 13.2. The molecule has 4 nitrogen and oxygen atoms in total. The van der Waals surface area contributed by atoms with Crippen LogP contribution in [0.1, 0.15) is 11.6 Å². The average Bonchev–Trinajstić information content (AvgIpc) is 2.29. The second-order valence-electron chi connectivity index (χ2n) is 3.25. The molecular formula is C11H14BrNO3. The molecule has 1 atom stereocenters. The largest absolute Gasteiger partial charge is 0.467 e. The highest BCUT2D eigenvalue weighted by Crippen LogP contribution is 2.15. The van der Waals surface area contributed by atoms with Gasteiger partial charge in [0.1, 0.15) is 6.61 Å². The zero-order chi connectivity index (χ0) is 12.0. The number of benzene rings is 1. The smallest absolute Gasteiger partial charge is 0.331 e. The van der Waals surface area contributed by atoms with Crippen molar-refractivity contribution >= 4 is 21.9 Å². The van der Waals surface area contributed by atoms with Gasteiger partial charge in [-0.2, -0.15) is 0 Å². The van der Waals surface area contributed by atoms with E-state index in [4.69, 9.17) is 10.5 Å². The zero-order valence-corrected chi connectivity index (χ0v) is 10.6. The van der Waals surface area contributed by atoms with Gasteiger partial charge in [-0.15, -0.1) is 0 Å². The predicted molar refractivity (Wildman–Crippen MR) is 63.9 cm³/mol. The van der Waals surface area contributed by atoms with Crippen LogP contribution in [-0.2, 0) is 14.3 Å². The molecule has 1 aromatic rings. The van der Waals surface area contributed by atoms with Gasteiger partial charge in [0.25, 0.3) is 0 Å². The van der Waals surface area contributed by atoms with Crippen molar-refractivity contribution in [2.75, 3.05) is 20.3 Å². The van der Waals surface area contributed by atoms with Gasteiger partial charge in [0.15, 0.2) is 0 Å². The van der Waals surface area contributed by atoms with Crippen LogP contribution in [-0.4, -0.2) is 26.3 Å². The summed E-state index contributed by atoms with van der Waals surface area (Å²) < 4.78 is 10.6. The SMILES string of the molecule is COC(=O)COCC(N)c1ccc(Br)cc1. The van der Waals surface area contributed by atoms with Crippen LogP contribution in [0.5, 0.6) is 0 Å². The van der Waals surface area contributed by atoms with Gasteiger partial charge in [-0.1, -0.05) is 28.1 Å². The fourth-order valence-electron chi connectivity index (χ4n) is 1.13. The van der Waals surface area contributed by atoms with E-state index in [2.05, 4.69) is 20.7 Å². The van der Waals surface area contributed by atoms with E-state index in [1.54, 1.807) is 0 Å². The number of nitrogens with two attached hydrogens (primary N) is 1. The van der Waals surface area contributed by atoms with Crippen LogP contribution in [0.15, 0.2) is 28.7 Å². The first-order chi connectivity index (χ1) is 7.63. The van der Waals surface area contributed by atoms with E-state index in [1.165, 1.54) is 7.11 Å². The monoisotopic (exact) mass is 287 g/mol. The van der Waals surface area contributed by atoms with Crippen molar-refractivity contribution in [1.29, 1.82) is 0 Å². The van der Waals surface area contributed by atoms with Crippen molar-refractivity contribution in [3.8, 4) is 0 Å². The van der Waals surface area contributed by atoms with Crippen LogP contribution >= 0.6 is 15.9 Å². The minimum absolute atomic E-state index is 0.0687. The lowest BCUT2D eigenvalue weighted by atomic mass is 10.1. The van der Waals surface area contributed by atoms with Crippen molar-refractivity contribution in [1.82, 2.24) is 0 Å². The van der Waals surface area contributed by atoms with E-state index in [0.29, 0.717) is 0 Å². The van der Waals surface area contributed by atoms with E-state index in [-0.39, 0.29) is 19.3 Å². The highest BCUT2D eigenvalue weighted by Gasteiger charge is 2.07. The number of ether oxygens (including phenoxy) is 2. The molecule has 0 aromatic heterocycles. The summed E-state index contributed by atoms with van der Waals surface area (Å²) in [6, 6.07) is 7.41. The number of rotatable bonds is 5. The Kier molecular flexibility index (Phi) is 5.45. The van der Waals surface area contributed by atoms with E-state index in [9.17, 15) is 4.79 Å². The van der Waals surface area contributed by atoms with Crippen LogP contribution in [0.3, 0.4) is 0 Å². The molecule has 0 aliphatic rings. The Balaban J connectivity index is 2.37. The Bertz CT molecular complexity index is 340. The maximum Gasteiger partial charge on any atom is 0.331 e. The molecule has 2 N–H and O–H groups in total. The summed E-state index contributed by atoms with van der Waals surface area (Å²) in [5.41, 5.74) is 6.85. The van der Waals surface area contributed by atoms with Crippen molar-refractivity contribution in [3.63, 3.8) is 0 Å². The fourth-order valence-corrected chi connectivity index (χ4v) is 1.40. The number of esters is 1. The molecule has 0 spiro atoms. The molecule has 0 heterocycles. The van der Waals surface area contributed by atoms with Crippen LogP contribution in [0.4, 0.5) is 0 Å². The quantitative estimate of drug-likeness (QED) is 0.837. The molecular weight excluding hydrogens is 274 g/mol. The molecule has 0 bridgehead atoms. The molecule has 0 fully saturated rings. The molecule has 0 radical (unpaired) electrons. The third kappa shape index (κ3) is 4.30. The van der Waals surface area contributed by atoms with Crippen LogP contribution in [0.2, 0.25) is 0 Å². The molecule has 0 saturated heterocycles. The van der Waals surface area contributed by atoms with Gasteiger partial charge in [0.05, 0.1) is 19.8 Å². The Morgan fingerprint density at radius 1 is 1.44 bits per heavy atom. The third-order valence-electron chi connectivity index (χ3n) is 2.04. The molecule has 1 aromatic carbocycles. The normalized spacial score (nSPS) is 12.2. The van der Waals surface area contributed by atoms with Gasteiger partial charge in [0, 0.05) is 4.47 Å². The topological polar surface area (TPSA) is 61.5 Å². The number of methoxy groups -OCH3 is 1. The lowest BCUT2D eigenvalue weighted by Gasteiger charge is -2.12. The Morgan fingerprint density at radius 3 is 2.62 bits per heavy atom. The lowest BCUT2D eigenvalue weighted by molar-refractivity contribution is -0.146. The van der Waals surface area contributed by atoms with Gasteiger partial charge in [-0.05, 0) is 17.7 Å². The second-order valence-corrected chi connectivity index (χ2v) is 4.16. The highest BCUT2D eigenvalue weighted by molar-refractivity contribution is 9.10. The van der Waals surface area contributed by atoms with Crippen LogP contribution in [0.25, 0.3) is 0 Å². The molecule has 0 saturated carbocycles. The number of carbonyl (C=O) groups is 1. The Hall–Kier alpha value is -0.910. The van der Waals surface area contributed by atoms with Crippen molar-refractivity contribution in [3.05, 3.63) is 34.3 Å². The molecule has 16 heavy (non-hydrogen) atoms. The highest BCUT2D eigenvalue weighted by atomic mass is 79.9. The number of hydrogen-bond acceptors (Lipinski definition) is 4. The summed E-state index contributed by atoms with van der Waals surface area (Å²) in [5.74, 6) is -0.400. The molecule has 88 valence electrons. The first-order valence-corrected chi connectivity index (χ1v) is 5.58. The minimum atomic E-state index is -0.400. The van der Waals surface area contributed by atoms with Crippen LogP contribution < -0.4 is 5.73 Å². The summed E-state index contributed by atoms with van der Waals surface area (Å²) in [6.45, 7) is 0.220. The Morgan fingerprint density at radius 2 is 2.06 bits per heavy atom. The standard InChI is InChI=1S/C11H14BrNO3/c1-15-11(14)7-16-6-10(13)8-2-4-9(12)5-3-8/h2-5,10H,6-7,13H2,1H3. The summed E-state index contributed by atoms with van der Waals surface area (Å²) in [4.78, 5) is 10.8. The molecule has 1 rings (SSSR count). The summed E-state index contributed by atoms with van der Waals surface area (Å²) in [6.07, 6.45) is 0. The third-order valence-corrected chi connectivity index (χ3v) is 2.57. The van der Waals surface area contributed by atoms with Crippen molar-refractivity contribution in [2.24, 2.45) is 5.73 Å². The van der Waals surface area contributed by atoms with Crippen molar-refractivity contribution in [2.45, 2.75) is 6.04 Å². The molecule has 0 aliphatic carbocycles. The van der Waals surface area contributed by atoms with E-state index >= 15 is 0 Å². The maximum absolute atomic E-state index is 10.8.